The Bertz CT molecular complexity index is 675. The van der Waals surface area contributed by atoms with E-state index in [0.29, 0.717) is 16.2 Å². The third-order valence-corrected chi connectivity index (χ3v) is 4.33. The van der Waals surface area contributed by atoms with Crippen LogP contribution < -0.4 is 0 Å². The number of fused-ring (bicyclic) bond motifs is 1. The van der Waals surface area contributed by atoms with Gasteiger partial charge in [-0.15, -0.1) is 0 Å². The third kappa shape index (κ3) is 3.41. The lowest BCUT2D eigenvalue weighted by Gasteiger charge is -2.06. The van der Waals surface area contributed by atoms with Crippen molar-refractivity contribution in [2.75, 3.05) is 6.26 Å². The number of carbonyl (C=O) groups excluding carboxylic acids is 1. The average molecular weight is 406 g/mol. The quantitative estimate of drug-likeness (QED) is 0.578. The standard InChI is InChI=1S/C14H15IO4S/c1-8(2)18-13(16)7-12-14(20(3)17)10-6-9(15)4-5-11(10)19-12/h4-6,8H,7H2,1-3H3. The number of halogens is 1. The topological polar surface area (TPSA) is 56.5 Å². The Morgan fingerprint density at radius 1 is 1.45 bits per heavy atom. The van der Waals surface area contributed by atoms with E-state index in [0.717, 1.165) is 8.96 Å². The van der Waals surface area contributed by atoms with E-state index in [1.165, 1.54) is 0 Å². The van der Waals surface area contributed by atoms with Crippen LogP contribution in [0, 0.1) is 3.57 Å². The second kappa shape index (κ2) is 6.26. The maximum Gasteiger partial charge on any atom is 0.313 e. The van der Waals surface area contributed by atoms with Gasteiger partial charge >= 0.3 is 5.97 Å². The van der Waals surface area contributed by atoms with Crippen molar-refractivity contribution in [2.24, 2.45) is 0 Å². The molecular formula is C14H15IO4S. The average Bonchev–Trinajstić information content (AvgIpc) is 2.64. The lowest BCUT2D eigenvalue weighted by Crippen LogP contribution is -2.14. The summed E-state index contributed by atoms with van der Waals surface area (Å²) in [5.41, 5.74) is 0.642. The Kier molecular flexibility index (Phi) is 4.85. The van der Waals surface area contributed by atoms with Crippen LogP contribution in [0.25, 0.3) is 11.0 Å². The largest absolute Gasteiger partial charge is 0.463 e. The first-order chi connectivity index (χ1) is 9.38. The molecule has 1 aromatic heterocycles. The molecule has 0 bridgehead atoms. The number of ether oxygens (including phenoxy) is 1. The highest BCUT2D eigenvalue weighted by Crippen LogP contribution is 2.30. The fourth-order valence-electron chi connectivity index (χ4n) is 1.97. The highest BCUT2D eigenvalue weighted by Gasteiger charge is 2.21. The lowest BCUT2D eigenvalue weighted by atomic mass is 10.2. The number of furan rings is 1. The van der Waals surface area contributed by atoms with Crippen LogP contribution in [0.5, 0.6) is 0 Å². The summed E-state index contributed by atoms with van der Waals surface area (Å²) in [5, 5.41) is 0.796. The molecule has 0 aliphatic heterocycles. The van der Waals surface area contributed by atoms with E-state index in [1.807, 2.05) is 18.2 Å². The molecule has 4 nitrogen and oxygen atoms in total. The van der Waals surface area contributed by atoms with Crippen molar-refractivity contribution in [3.63, 3.8) is 0 Å². The molecule has 0 N–H and O–H groups in total. The highest BCUT2D eigenvalue weighted by atomic mass is 127. The molecule has 1 atom stereocenters. The molecule has 1 heterocycles. The molecule has 1 unspecified atom stereocenters. The van der Waals surface area contributed by atoms with Crippen LogP contribution in [-0.2, 0) is 26.8 Å². The molecule has 0 amide bonds. The van der Waals surface area contributed by atoms with E-state index in [9.17, 15) is 9.00 Å². The number of hydrogen-bond acceptors (Lipinski definition) is 4. The molecular weight excluding hydrogens is 391 g/mol. The van der Waals surface area contributed by atoms with Gasteiger partial charge in [0, 0.05) is 15.2 Å². The predicted molar refractivity (Wildman–Crippen MR) is 86.2 cm³/mol. The highest BCUT2D eigenvalue weighted by molar-refractivity contribution is 14.1. The van der Waals surface area contributed by atoms with Crippen LogP contribution in [0.3, 0.4) is 0 Å². The van der Waals surface area contributed by atoms with E-state index in [1.54, 1.807) is 20.1 Å². The molecule has 20 heavy (non-hydrogen) atoms. The zero-order chi connectivity index (χ0) is 14.9. The molecule has 0 aliphatic carbocycles. The van der Waals surface area contributed by atoms with Crippen molar-refractivity contribution in [3.05, 3.63) is 27.5 Å². The first-order valence-electron chi connectivity index (χ1n) is 6.12. The fraction of sp³-hybridized carbons (Fsp3) is 0.357. The van der Waals surface area contributed by atoms with Crippen LogP contribution in [0.15, 0.2) is 27.5 Å². The molecule has 0 radical (unpaired) electrons. The summed E-state index contributed by atoms with van der Waals surface area (Å²) in [6.07, 6.45) is 1.41. The van der Waals surface area contributed by atoms with E-state index >= 15 is 0 Å². The van der Waals surface area contributed by atoms with Crippen molar-refractivity contribution in [2.45, 2.75) is 31.3 Å². The molecule has 0 fully saturated rings. The second-order valence-corrected chi connectivity index (χ2v) is 7.23. The van der Waals surface area contributed by atoms with Gasteiger partial charge < -0.3 is 9.15 Å². The van der Waals surface area contributed by atoms with Crippen molar-refractivity contribution in [1.82, 2.24) is 0 Å². The fourth-order valence-corrected chi connectivity index (χ4v) is 3.36. The lowest BCUT2D eigenvalue weighted by molar-refractivity contribution is -0.146. The summed E-state index contributed by atoms with van der Waals surface area (Å²) in [7, 11) is -1.23. The van der Waals surface area contributed by atoms with E-state index in [4.69, 9.17) is 9.15 Å². The van der Waals surface area contributed by atoms with E-state index < -0.39 is 10.8 Å². The van der Waals surface area contributed by atoms with Crippen LogP contribution in [0.4, 0.5) is 0 Å². The molecule has 2 aromatic rings. The van der Waals surface area contributed by atoms with Gasteiger partial charge in [-0.1, -0.05) is 0 Å². The minimum Gasteiger partial charge on any atom is -0.463 e. The van der Waals surface area contributed by atoms with Crippen molar-refractivity contribution in [1.29, 1.82) is 0 Å². The Hall–Kier alpha value is -0.890. The Balaban J connectivity index is 2.45. The van der Waals surface area contributed by atoms with Crippen LogP contribution in [-0.4, -0.2) is 22.5 Å². The monoisotopic (exact) mass is 406 g/mol. The minimum absolute atomic E-state index is 0.00163. The maximum absolute atomic E-state index is 12.0. The summed E-state index contributed by atoms with van der Waals surface area (Å²) in [6.45, 7) is 3.58. The van der Waals surface area contributed by atoms with Gasteiger partial charge in [0.2, 0.25) is 0 Å². The molecule has 0 aliphatic rings. The van der Waals surface area contributed by atoms with Gasteiger partial charge in [0.25, 0.3) is 0 Å². The molecule has 0 saturated heterocycles. The zero-order valence-corrected chi connectivity index (χ0v) is 14.4. The number of benzene rings is 1. The van der Waals surface area contributed by atoms with Crippen molar-refractivity contribution in [3.8, 4) is 0 Å². The summed E-state index contributed by atoms with van der Waals surface area (Å²) in [4.78, 5) is 12.3. The predicted octanol–water partition coefficient (Wildman–Crippen LogP) is 3.27. The molecule has 1 aromatic carbocycles. The number of carbonyl (C=O) groups is 1. The van der Waals surface area contributed by atoms with Crippen LogP contribution in [0.2, 0.25) is 0 Å². The van der Waals surface area contributed by atoms with Gasteiger partial charge in [0.15, 0.2) is 0 Å². The van der Waals surface area contributed by atoms with Gasteiger partial charge in [-0.3, -0.25) is 9.00 Å². The summed E-state index contributed by atoms with van der Waals surface area (Å²) < 4.78 is 23.8. The number of esters is 1. The Morgan fingerprint density at radius 3 is 2.75 bits per heavy atom. The Morgan fingerprint density at radius 2 is 2.15 bits per heavy atom. The SMILES string of the molecule is CC(C)OC(=O)Cc1oc2ccc(I)cc2c1S(C)=O. The van der Waals surface area contributed by atoms with E-state index in [-0.39, 0.29) is 18.5 Å². The van der Waals surface area contributed by atoms with Crippen molar-refractivity contribution < 1.29 is 18.2 Å². The van der Waals surface area contributed by atoms with Crippen molar-refractivity contribution >= 4 is 50.3 Å². The minimum atomic E-state index is -1.23. The first-order valence-corrected chi connectivity index (χ1v) is 8.76. The summed E-state index contributed by atoms with van der Waals surface area (Å²) in [5.74, 6) is 0.0499. The van der Waals surface area contributed by atoms with Gasteiger partial charge in [0.1, 0.15) is 17.8 Å². The van der Waals surface area contributed by atoms with Gasteiger partial charge in [-0.05, 0) is 54.6 Å². The van der Waals surface area contributed by atoms with Gasteiger partial charge in [-0.2, -0.15) is 0 Å². The smallest absolute Gasteiger partial charge is 0.313 e. The molecule has 108 valence electrons. The van der Waals surface area contributed by atoms with Crippen LogP contribution in [0.1, 0.15) is 19.6 Å². The summed E-state index contributed by atoms with van der Waals surface area (Å²) in [6, 6.07) is 5.64. The molecule has 0 spiro atoms. The number of rotatable bonds is 4. The zero-order valence-electron chi connectivity index (χ0n) is 11.4. The Labute approximate surface area is 133 Å². The first kappa shape index (κ1) is 15.5. The number of hydrogen-bond donors (Lipinski definition) is 0. The molecule has 2 rings (SSSR count). The van der Waals surface area contributed by atoms with Gasteiger partial charge in [0.05, 0.1) is 21.8 Å². The van der Waals surface area contributed by atoms with E-state index in [2.05, 4.69) is 22.6 Å². The normalized spacial score (nSPS) is 12.8. The van der Waals surface area contributed by atoms with Crippen LogP contribution >= 0.6 is 22.6 Å². The molecule has 6 heteroatoms. The second-order valence-electron chi connectivity index (χ2n) is 4.66. The molecule has 0 saturated carbocycles. The van der Waals surface area contributed by atoms with Gasteiger partial charge in [-0.25, -0.2) is 0 Å². The summed E-state index contributed by atoms with van der Waals surface area (Å²) >= 11 is 2.19. The maximum atomic E-state index is 12.0. The third-order valence-electron chi connectivity index (χ3n) is 2.63.